The average Bonchev–Trinajstić information content (AvgIpc) is 2.41. The monoisotopic (exact) mass is 265 g/mol. The van der Waals surface area contributed by atoms with Gasteiger partial charge in [0, 0.05) is 18.7 Å². The minimum Gasteiger partial charge on any atom is -0.493 e. The van der Waals surface area contributed by atoms with Gasteiger partial charge in [0.15, 0.2) is 0 Å². The third kappa shape index (κ3) is 7.19. The Balaban J connectivity index is 2.24. The van der Waals surface area contributed by atoms with Crippen molar-refractivity contribution in [3.63, 3.8) is 0 Å². The fourth-order valence-corrected chi connectivity index (χ4v) is 1.74. The summed E-state index contributed by atoms with van der Waals surface area (Å²) in [6.07, 6.45) is 2.40. The molecule has 0 saturated heterocycles. The van der Waals surface area contributed by atoms with Gasteiger partial charge in [-0.05, 0) is 39.3 Å². The third-order valence-electron chi connectivity index (χ3n) is 2.70. The maximum absolute atomic E-state index is 5.73. The highest BCUT2D eigenvalue weighted by Crippen LogP contribution is 2.17. The molecule has 0 aliphatic carbocycles. The fraction of sp³-hybridized carbons (Fsp3) is 0.625. The maximum Gasteiger partial charge on any atom is 0.123 e. The van der Waals surface area contributed by atoms with Crippen LogP contribution in [0, 0.1) is 0 Å². The van der Waals surface area contributed by atoms with E-state index in [0.29, 0.717) is 6.10 Å². The first-order chi connectivity index (χ1) is 9.24. The molecule has 1 rings (SSSR count). The van der Waals surface area contributed by atoms with E-state index in [1.54, 1.807) is 0 Å². The van der Waals surface area contributed by atoms with Crippen molar-refractivity contribution in [2.24, 2.45) is 0 Å². The molecule has 0 aliphatic rings. The van der Waals surface area contributed by atoms with Crippen molar-refractivity contribution in [1.29, 1.82) is 0 Å². The van der Waals surface area contributed by atoms with Crippen LogP contribution in [0.4, 0.5) is 0 Å². The van der Waals surface area contributed by atoms with E-state index in [1.807, 2.05) is 12.1 Å². The molecular formula is C16H27NO2. The summed E-state index contributed by atoms with van der Waals surface area (Å²) < 4.78 is 11.2. The minimum atomic E-state index is 0.322. The van der Waals surface area contributed by atoms with Crippen molar-refractivity contribution in [3.05, 3.63) is 29.8 Å². The Morgan fingerprint density at radius 3 is 2.68 bits per heavy atom. The minimum absolute atomic E-state index is 0.322. The zero-order chi connectivity index (χ0) is 13.9. The largest absolute Gasteiger partial charge is 0.493 e. The molecule has 0 heterocycles. The molecule has 0 aromatic heterocycles. The molecule has 0 amide bonds. The Labute approximate surface area is 117 Å². The van der Waals surface area contributed by atoms with Gasteiger partial charge < -0.3 is 14.8 Å². The molecule has 0 radical (unpaired) electrons. The molecule has 0 fully saturated rings. The molecule has 1 N–H and O–H groups in total. The van der Waals surface area contributed by atoms with Crippen LogP contribution in [0.25, 0.3) is 0 Å². The van der Waals surface area contributed by atoms with E-state index in [0.717, 1.165) is 44.9 Å². The Hall–Kier alpha value is -1.06. The van der Waals surface area contributed by atoms with Gasteiger partial charge in [0.1, 0.15) is 5.75 Å². The van der Waals surface area contributed by atoms with E-state index in [4.69, 9.17) is 9.47 Å². The summed E-state index contributed by atoms with van der Waals surface area (Å²) in [6, 6.07) is 8.22. The molecule has 1 aromatic rings. The van der Waals surface area contributed by atoms with Gasteiger partial charge in [-0.25, -0.2) is 0 Å². The summed E-state index contributed by atoms with van der Waals surface area (Å²) in [7, 11) is 0. The maximum atomic E-state index is 5.73. The van der Waals surface area contributed by atoms with Gasteiger partial charge >= 0.3 is 0 Å². The van der Waals surface area contributed by atoms with Gasteiger partial charge in [0.05, 0.1) is 12.7 Å². The number of ether oxygens (including phenoxy) is 2. The fourth-order valence-electron chi connectivity index (χ4n) is 1.74. The standard InChI is InChI=1S/C16H27NO2/c1-4-11-19-16-9-6-5-8-15(16)13-17-10-7-12-18-14(2)3/h5-6,8-9,14,17H,4,7,10-13H2,1-3H3. The lowest BCUT2D eigenvalue weighted by Gasteiger charge is -2.12. The van der Waals surface area contributed by atoms with Crippen LogP contribution in [0.3, 0.4) is 0 Å². The van der Waals surface area contributed by atoms with Gasteiger partial charge in [-0.2, -0.15) is 0 Å². The lowest BCUT2D eigenvalue weighted by Crippen LogP contribution is -2.18. The number of para-hydroxylation sites is 1. The second kappa shape index (κ2) is 9.82. The molecule has 19 heavy (non-hydrogen) atoms. The van der Waals surface area contributed by atoms with Gasteiger partial charge in [-0.1, -0.05) is 25.1 Å². The predicted octanol–water partition coefficient (Wildman–Crippen LogP) is 3.38. The Bertz CT molecular complexity index is 339. The highest BCUT2D eigenvalue weighted by Gasteiger charge is 2.02. The Morgan fingerprint density at radius 1 is 1.16 bits per heavy atom. The molecule has 0 aliphatic heterocycles. The van der Waals surface area contributed by atoms with Crippen molar-refractivity contribution in [2.45, 2.75) is 46.3 Å². The second-order valence-electron chi connectivity index (χ2n) is 4.91. The van der Waals surface area contributed by atoms with Crippen molar-refractivity contribution in [1.82, 2.24) is 5.32 Å². The van der Waals surface area contributed by atoms with E-state index < -0.39 is 0 Å². The molecule has 0 atom stereocenters. The van der Waals surface area contributed by atoms with E-state index >= 15 is 0 Å². The van der Waals surface area contributed by atoms with E-state index in [2.05, 4.69) is 38.2 Å². The lowest BCUT2D eigenvalue weighted by molar-refractivity contribution is 0.0770. The summed E-state index contributed by atoms with van der Waals surface area (Å²) in [4.78, 5) is 0. The molecule has 0 unspecified atom stereocenters. The van der Waals surface area contributed by atoms with Crippen LogP contribution in [-0.2, 0) is 11.3 Å². The van der Waals surface area contributed by atoms with Gasteiger partial charge in [-0.3, -0.25) is 0 Å². The third-order valence-corrected chi connectivity index (χ3v) is 2.70. The van der Waals surface area contributed by atoms with Crippen LogP contribution in [0.2, 0.25) is 0 Å². The summed E-state index contributed by atoms with van der Waals surface area (Å²) in [5.41, 5.74) is 1.22. The number of benzene rings is 1. The number of hydrogen-bond donors (Lipinski definition) is 1. The van der Waals surface area contributed by atoms with Crippen molar-refractivity contribution >= 4 is 0 Å². The molecule has 3 nitrogen and oxygen atoms in total. The normalized spacial score (nSPS) is 10.9. The van der Waals surface area contributed by atoms with Crippen LogP contribution >= 0.6 is 0 Å². The zero-order valence-electron chi connectivity index (χ0n) is 12.4. The van der Waals surface area contributed by atoms with E-state index in [9.17, 15) is 0 Å². The highest BCUT2D eigenvalue weighted by molar-refractivity contribution is 5.33. The molecular weight excluding hydrogens is 238 g/mol. The Morgan fingerprint density at radius 2 is 1.95 bits per heavy atom. The number of nitrogens with one attached hydrogen (secondary N) is 1. The predicted molar refractivity (Wildman–Crippen MR) is 79.6 cm³/mol. The molecule has 3 heteroatoms. The number of hydrogen-bond acceptors (Lipinski definition) is 3. The summed E-state index contributed by atoms with van der Waals surface area (Å²) in [6.45, 7) is 9.66. The van der Waals surface area contributed by atoms with Gasteiger partial charge in [0.25, 0.3) is 0 Å². The van der Waals surface area contributed by atoms with Crippen molar-refractivity contribution in [3.8, 4) is 5.75 Å². The average molecular weight is 265 g/mol. The molecule has 0 spiro atoms. The van der Waals surface area contributed by atoms with E-state index in [-0.39, 0.29) is 0 Å². The van der Waals surface area contributed by atoms with Crippen LogP contribution in [0.15, 0.2) is 24.3 Å². The smallest absolute Gasteiger partial charge is 0.123 e. The molecule has 108 valence electrons. The first-order valence-electron chi connectivity index (χ1n) is 7.27. The first-order valence-corrected chi connectivity index (χ1v) is 7.27. The quantitative estimate of drug-likeness (QED) is 0.658. The SMILES string of the molecule is CCCOc1ccccc1CNCCCOC(C)C. The van der Waals surface area contributed by atoms with E-state index in [1.165, 1.54) is 5.56 Å². The van der Waals surface area contributed by atoms with Gasteiger partial charge in [-0.15, -0.1) is 0 Å². The summed E-state index contributed by atoms with van der Waals surface area (Å²) >= 11 is 0. The second-order valence-corrected chi connectivity index (χ2v) is 4.91. The lowest BCUT2D eigenvalue weighted by atomic mass is 10.2. The first kappa shape index (κ1) is 16.0. The zero-order valence-corrected chi connectivity index (χ0v) is 12.4. The summed E-state index contributed by atoms with van der Waals surface area (Å²) in [5.74, 6) is 0.996. The topological polar surface area (TPSA) is 30.5 Å². The van der Waals surface area contributed by atoms with Crippen LogP contribution in [0.1, 0.15) is 39.2 Å². The summed E-state index contributed by atoms with van der Waals surface area (Å²) in [5, 5.41) is 3.43. The van der Waals surface area contributed by atoms with Crippen molar-refractivity contribution in [2.75, 3.05) is 19.8 Å². The molecule has 0 saturated carbocycles. The van der Waals surface area contributed by atoms with Crippen molar-refractivity contribution < 1.29 is 9.47 Å². The number of rotatable bonds is 10. The van der Waals surface area contributed by atoms with Crippen LogP contribution < -0.4 is 10.1 Å². The molecule has 0 bridgehead atoms. The van der Waals surface area contributed by atoms with Crippen LogP contribution in [-0.4, -0.2) is 25.9 Å². The Kier molecular flexibility index (Phi) is 8.26. The van der Waals surface area contributed by atoms with Gasteiger partial charge in [0.2, 0.25) is 0 Å². The van der Waals surface area contributed by atoms with Crippen LogP contribution in [0.5, 0.6) is 5.75 Å². The molecule has 1 aromatic carbocycles. The highest BCUT2D eigenvalue weighted by atomic mass is 16.5.